The minimum absolute atomic E-state index is 0. The lowest BCUT2D eigenvalue weighted by Crippen LogP contribution is -2.46. The van der Waals surface area contributed by atoms with Gasteiger partial charge in [-0.3, -0.25) is 4.90 Å². The molecular weight excluding hydrogens is 252 g/mol. The van der Waals surface area contributed by atoms with Crippen LogP contribution in [0, 0.1) is 0 Å². The summed E-state index contributed by atoms with van der Waals surface area (Å²) in [6.45, 7) is 4.00. The zero-order valence-electron chi connectivity index (χ0n) is 10.6. The molecule has 0 aromatic heterocycles. The van der Waals surface area contributed by atoms with Gasteiger partial charge in [-0.15, -0.1) is 12.4 Å². The van der Waals surface area contributed by atoms with Gasteiger partial charge in [-0.05, 0) is 6.07 Å². The highest BCUT2D eigenvalue weighted by molar-refractivity contribution is 5.85. The number of piperazine rings is 1. The average molecular weight is 273 g/mol. The zero-order chi connectivity index (χ0) is 12.1. The number of halogens is 1. The lowest BCUT2D eigenvalue weighted by molar-refractivity contribution is 0.109. The van der Waals surface area contributed by atoms with Gasteiger partial charge in [0.05, 0.1) is 19.8 Å². The highest BCUT2D eigenvalue weighted by Crippen LogP contribution is 2.28. The van der Waals surface area contributed by atoms with Gasteiger partial charge in [0.15, 0.2) is 0 Å². The first-order chi connectivity index (χ1) is 8.36. The molecule has 0 radical (unpaired) electrons. The molecule has 4 nitrogen and oxygen atoms in total. The second kappa shape index (κ2) is 7.59. The predicted octanol–water partition coefficient (Wildman–Crippen LogP) is 1.06. The highest BCUT2D eigenvalue weighted by atomic mass is 35.5. The van der Waals surface area contributed by atoms with E-state index in [9.17, 15) is 5.11 Å². The Morgan fingerprint density at radius 3 is 2.61 bits per heavy atom. The molecule has 2 N–H and O–H groups in total. The number of nitrogens with zero attached hydrogens (tertiary/aromatic N) is 1. The van der Waals surface area contributed by atoms with Gasteiger partial charge in [0, 0.05) is 31.7 Å². The van der Waals surface area contributed by atoms with Crippen LogP contribution in [-0.4, -0.2) is 49.9 Å². The third kappa shape index (κ3) is 3.36. The van der Waals surface area contributed by atoms with Crippen LogP contribution in [0.2, 0.25) is 0 Å². The molecule has 1 saturated heterocycles. The fourth-order valence-electron chi connectivity index (χ4n) is 2.35. The van der Waals surface area contributed by atoms with Crippen LogP contribution in [0.5, 0.6) is 5.75 Å². The molecule has 1 aliphatic heterocycles. The molecule has 0 aliphatic carbocycles. The van der Waals surface area contributed by atoms with Gasteiger partial charge in [-0.25, -0.2) is 0 Å². The van der Waals surface area contributed by atoms with Gasteiger partial charge in [0.2, 0.25) is 0 Å². The fourth-order valence-corrected chi connectivity index (χ4v) is 2.35. The number of methoxy groups -OCH3 is 1. The fraction of sp³-hybridized carbons (Fsp3) is 0.538. The first-order valence-electron chi connectivity index (χ1n) is 6.05. The van der Waals surface area contributed by atoms with E-state index in [-0.39, 0.29) is 25.1 Å². The normalized spacial score (nSPS) is 17.9. The van der Waals surface area contributed by atoms with Crippen molar-refractivity contribution in [3.63, 3.8) is 0 Å². The van der Waals surface area contributed by atoms with E-state index in [1.807, 2.05) is 24.3 Å². The molecule has 1 aliphatic rings. The molecule has 5 heteroatoms. The molecule has 18 heavy (non-hydrogen) atoms. The molecule has 1 atom stereocenters. The molecule has 1 aromatic carbocycles. The average Bonchev–Trinajstić information content (AvgIpc) is 2.41. The van der Waals surface area contributed by atoms with Gasteiger partial charge in [-0.1, -0.05) is 18.2 Å². The topological polar surface area (TPSA) is 44.7 Å². The summed E-state index contributed by atoms with van der Waals surface area (Å²) in [5.41, 5.74) is 1.07. The van der Waals surface area contributed by atoms with E-state index in [0.29, 0.717) is 0 Å². The maximum absolute atomic E-state index is 9.63. The first kappa shape index (κ1) is 15.2. The van der Waals surface area contributed by atoms with Gasteiger partial charge in [-0.2, -0.15) is 0 Å². The van der Waals surface area contributed by atoms with E-state index in [0.717, 1.165) is 37.5 Å². The summed E-state index contributed by atoms with van der Waals surface area (Å²) < 4.78 is 5.37. The number of nitrogens with one attached hydrogen (secondary N) is 1. The van der Waals surface area contributed by atoms with Crippen LogP contribution in [0.15, 0.2) is 24.3 Å². The van der Waals surface area contributed by atoms with Crippen molar-refractivity contribution < 1.29 is 9.84 Å². The summed E-state index contributed by atoms with van der Waals surface area (Å²) in [6, 6.07) is 7.95. The Morgan fingerprint density at radius 1 is 1.33 bits per heavy atom. The Labute approximate surface area is 114 Å². The molecule has 0 amide bonds. The highest BCUT2D eigenvalue weighted by Gasteiger charge is 2.23. The van der Waals surface area contributed by atoms with Crippen molar-refractivity contribution in [2.75, 3.05) is 39.9 Å². The van der Waals surface area contributed by atoms with E-state index in [4.69, 9.17) is 4.74 Å². The van der Waals surface area contributed by atoms with Crippen molar-refractivity contribution in [2.24, 2.45) is 0 Å². The van der Waals surface area contributed by atoms with Crippen molar-refractivity contribution in [2.45, 2.75) is 6.04 Å². The minimum atomic E-state index is 0. The number of benzene rings is 1. The Morgan fingerprint density at radius 2 is 2.00 bits per heavy atom. The summed E-state index contributed by atoms with van der Waals surface area (Å²) in [6.07, 6.45) is 0. The summed E-state index contributed by atoms with van der Waals surface area (Å²) in [5, 5.41) is 13.0. The zero-order valence-corrected chi connectivity index (χ0v) is 11.4. The number of hydrogen-bond donors (Lipinski definition) is 2. The monoisotopic (exact) mass is 272 g/mol. The number of aliphatic hydroxyl groups is 1. The van der Waals surface area contributed by atoms with Crippen molar-refractivity contribution in [1.29, 1.82) is 0 Å². The quantitative estimate of drug-likeness (QED) is 0.860. The molecule has 1 fully saturated rings. The van der Waals surface area contributed by atoms with Crippen molar-refractivity contribution in [1.82, 2.24) is 10.2 Å². The van der Waals surface area contributed by atoms with Gasteiger partial charge >= 0.3 is 0 Å². The number of rotatable bonds is 4. The Bertz CT molecular complexity index is 357. The van der Waals surface area contributed by atoms with Crippen LogP contribution in [0.25, 0.3) is 0 Å². The molecule has 0 unspecified atom stereocenters. The Hall–Kier alpha value is -0.810. The maximum atomic E-state index is 9.63. The lowest BCUT2D eigenvalue weighted by atomic mass is 10.0. The number of para-hydroxylation sites is 1. The summed E-state index contributed by atoms with van der Waals surface area (Å²) in [5.74, 6) is 0.852. The van der Waals surface area contributed by atoms with E-state index >= 15 is 0 Å². The van der Waals surface area contributed by atoms with Crippen LogP contribution in [-0.2, 0) is 0 Å². The molecule has 0 bridgehead atoms. The van der Waals surface area contributed by atoms with Crippen LogP contribution in [0.3, 0.4) is 0 Å². The number of aliphatic hydroxyl groups excluding tert-OH is 1. The van der Waals surface area contributed by atoms with Crippen LogP contribution < -0.4 is 10.1 Å². The molecule has 102 valence electrons. The summed E-state index contributed by atoms with van der Waals surface area (Å²) in [7, 11) is 1.67. The largest absolute Gasteiger partial charge is 0.496 e. The van der Waals surface area contributed by atoms with E-state index < -0.39 is 0 Å². The second-order valence-electron chi connectivity index (χ2n) is 4.23. The van der Waals surface area contributed by atoms with Crippen LogP contribution in [0.1, 0.15) is 11.6 Å². The van der Waals surface area contributed by atoms with Crippen LogP contribution >= 0.6 is 12.4 Å². The first-order valence-corrected chi connectivity index (χ1v) is 6.05. The van der Waals surface area contributed by atoms with E-state index in [1.54, 1.807) is 7.11 Å². The third-order valence-corrected chi connectivity index (χ3v) is 3.26. The molecule has 1 aromatic rings. The number of hydrogen-bond acceptors (Lipinski definition) is 4. The lowest BCUT2D eigenvalue weighted by Gasteiger charge is -2.34. The van der Waals surface area contributed by atoms with Gasteiger partial charge < -0.3 is 15.2 Å². The summed E-state index contributed by atoms with van der Waals surface area (Å²) in [4.78, 5) is 2.30. The Balaban J connectivity index is 0.00000162. The van der Waals surface area contributed by atoms with Crippen molar-refractivity contribution in [3.05, 3.63) is 29.8 Å². The maximum Gasteiger partial charge on any atom is 0.123 e. The standard InChI is InChI=1S/C13H20N2O2.ClH/c1-17-13-5-3-2-4-11(13)12(10-16)15-8-6-14-7-9-15;/h2-5,12,14,16H,6-10H2,1H3;1H/t12-;/m0./s1. The van der Waals surface area contributed by atoms with Crippen molar-refractivity contribution >= 4 is 12.4 Å². The third-order valence-electron chi connectivity index (χ3n) is 3.26. The van der Waals surface area contributed by atoms with Gasteiger partial charge in [0.1, 0.15) is 5.75 Å². The van der Waals surface area contributed by atoms with E-state index in [1.165, 1.54) is 0 Å². The van der Waals surface area contributed by atoms with Gasteiger partial charge in [0.25, 0.3) is 0 Å². The van der Waals surface area contributed by atoms with Crippen LogP contribution in [0.4, 0.5) is 0 Å². The Kier molecular flexibility index (Phi) is 6.43. The molecule has 2 rings (SSSR count). The SMILES string of the molecule is COc1ccccc1[C@H](CO)N1CCNCC1.Cl. The minimum Gasteiger partial charge on any atom is -0.496 e. The van der Waals surface area contributed by atoms with Crippen molar-refractivity contribution in [3.8, 4) is 5.75 Å². The smallest absolute Gasteiger partial charge is 0.123 e. The second-order valence-corrected chi connectivity index (χ2v) is 4.23. The molecule has 0 spiro atoms. The van der Waals surface area contributed by atoms with E-state index in [2.05, 4.69) is 10.2 Å². The predicted molar refractivity (Wildman–Crippen MR) is 74.5 cm³/mol. The molecule has 1 heterocycles. The molecular formula is C13H21ClN2O2. The molecule has 0 saturated carbocycles. The number of ether oxygens (including phenoxy) is 1. The summed E-state index contributed by atoms with van der Waals surface area (Å²) >= 11 is 0.